The predicted octanol–water partition coefficient (Wildman–Crippen LogP) is 6.01. The lowest BCUT2D eigenvalue weighted by atomic mass is 10.0. The number of hydrogen-bond donors (Lipinski definition) is 0. The highest BCUT2D eigenvalue weighted by Gasteiger charge is 2.26. The number of nitrogens with zero attached hydrogens (tertiary/aromatic N) is 1. The summed E-state index contributed by atoms with van der Waals surface area (Å²) < 4.78 is 37.2. The Kier molecular flexibility index (Phi) is 4.31. The van der Waals surface area contributed by atoms with Crippen LogP contribution in [0.4, 0.5) is 13.2 Å². The van der Waals surface area contributed by atoms with Gasteiger partial charge in [-0.25, -0.2) is 4.98 Å². The van der Waals surface area contributed by atoms with Crippen molar-refractivity contribution in [2.24, 2.45) is 0 Å². The van der Waals surface area contributed by atoms with Crippen molar-refractivity contribution in [2.45, 2.75) is 32.9 Å². The fourth-order valence-electron chi connectivity index (χ4n) is 2.89. The molecule has 1 aromatic heterocycles. The number of alkyl halides is 3. The SMILES string of the molecule is Cc1cc(C)cc(-c2ccc3ccc(CCC(F)(F)F)cc3n2)c1. The summed E-state index contributed by atoms with van der Waals surface area (Å²) in [5, 5.41) is 0.930. The minimum Gasteiger partial charge on any atom is -0.248 e. The molecule has 124 valence electrons. The fraction of sp³-hybridized carbons (Fsp3) is 0.250. The van der Waals surface area contributed by atoms with Gasteiger partial charge in [-0.3, -0.25) is 0 Å². The second kappa shape index (κ2) is 6.27. The van der Waals surface area contributed by atoms with E-state index in [0.29, 0.717) is 5.56 Å². The first-order valence-corrected chi connectivity index (χ1v) is 7.85. The molecule has 0 spiro atoms. The lowest BCUT2D eigenvalue weighted by Gasteiger charge is -2.09. The van der Waals surface area contributed by atoms with Gasteiger partial charge in [-0.15, -0.1) is 0 Å². The summed E-state index contributed by atoms with van der Waals surface area (Å²) in [5.41, 5.74) is 5.56. The molecule has 0 fully saturated rings. The highest BCUT2D eigenvalue weighted by atomic mass is 19.4. The zero-order chi connectivity index (χ0) is 17.3. The number of aromatic nitrogens is 1. The number of aryl methyl sites for hydroxylation is 3. The summed E-state index contributed by atoms with van der Waals surface area (Å²) in [4.78, 5) is 4.65. The van der Waals surface area contributed by atoms with Crippen LogP contribution in [-0.4, -0.2) is 11.2 Å². The van der Waals surface area contributed by atoms with Gasteiger partial charge in [0.25, 0.3) is 0 Å². The van der Waals surface area contributed by atoms with Crippen molar-refractivity contribution in [2.75, 3.05) is 0 Å². The standard InChI is InChI=1S/C20H18F3N/c1-13-9-14(2)11-17(10-13)18-6-5-16-4-3-15(12-19(16)24-18)7-8-20(21,22)23/h3-6,9-12H,7-8H2,1-2H3. The lowest BCUT2D eigenvalue weighted by molar-refractivity contribution is -0.133. The largest absolute Gasteiger partial charge is 0.389 e. The summed E-state index contributed by atoms with van der Waals surface area (Å²) in [6.45, 7) is 4.07. The van der Waals surface area contributed by atoms with Gasteiger partial charge in [0, 0.05) is 17.4 Å². The zero-order valence-electron chi connectivity index (χ0n) is 13.6. The van der Waals surface area contributed by atoms with Crippen LogP contribution >= 0.6 is 0 Å². The van der Waals surface area contributed by atoms with Gasteiger partial charge in [0.2, 0.25) is 0 Å². The van der Waals surface area contributed by atoms with Gasteiger partial charge in [-0.2, -0.15) is 13.2 Å². The smallest absolute Gasteiger partial charge is 0.248 e. The topological polar surface area (TPSA) is 12.9 Å². The molecule has 0 bridgehead atoms. The molecule has 1 nitrogen and oxygen atoms in total. The van der Waals surface area contributed by atoms with Crippen LogP contribution in [0.1, 0.15) is 23.1 Å². The highest BCUT2D eigenvalue weighted by Crippen LogP contribution is 2.26. The molecular weight excluding hydrogens is 311 g/mol. The number of benzene rings is 2. The quantitative estimate of drug-likeness (QED) is 0.573. The number of halogens is 3. The third-order valence-corrected chi connectivity index (χ3v) is 3.97. The molecule has 0 radical (unpaired) electrons. The Balaban J connectivity index is 1.97. The van der Waals surface area contributed by atoms with Crippen LogP contribution in [0.3, 0.4) is 0 Å². The second-order valence-corrected chi connectivity index (χ2v) is 6.22. The van der Waals surface area contributed by atoms with Gasteiger partial charge in [0.05, 0.1) is 11.2 Å². The van der Waals surface area contributed by atoms with Crippen LogP contribution in [0.5, 0.6) is 0 Å². The Hall–Kier alpha value is -2.36. The van der Waals surface area contributed by atoms with E-state index in [-0.39, 0.29) is 6.42 Å². The molecule has 3 aromatic rings. The molecule has 4 heteroatoms. The molecule has 3 rings (SSSR count). The van der Waals surface area contributed by atoms with E-state index in [2.05, 4.69) is 23.2 Å². The van der Waals surface area contributed by atoms with Gasteiger partial charge < -0.3 is 0 Å². The Morgan fingerprint density at radius 1 is 0.875 bits per heavy atom. The zero-order valence-corrected chi connectivity index (χ0v) is 13.6. The van der Waals surface area contributed by atoms with Crippen molar-refractivity contribution < 1.29 is 13.2 Å². The van der Waals surface area contributed by atoms with Gasteiger partial charge >= 0.3 is 6.18 Å². The van der Waals surface area contributed by atoms with Gasteiger partial charge in [-0.1, -0.05) is 35.4 Å². The normalized spacial score (nSPS) is 11.9. The van der Waals surface area contributed by atoms with E-state index < -0.39 is 12.6 Å². The van der Waals surface area contributed by atoms with Crippen LogP contribution < -0.4 is 0 Å². The maximum absolute atomic E-state index is 12.4. The highest BCUT2D eigenvalue weighted by molar-refractivity contribution is 5.82. The number of fused-ring (bicyclic) bond motifs is 1. The second-order valence-electron chi connectivity index (χ2n) is 6.22. The van der Waals surface area contributed by atoms with Crippen molar-refractivity contribution in [1.29, 1.82) is 0 Å². The van der Waals surface area contributed by atoms with Crippen molar-refractivity contribution in [3.8, 4) is 11.3 Å². The molecule has 0 N–H and O–H groups in total. The minimum atomic E-state index is -4.14. The average Bonchev–Trinajstić information content (AvgIpc) is 2.50. The molecule has 0 unspecified atom stereocenters. The van der Waals surface area contributed by atoms with E-state index in [1.807, 2.05) is 32.0 Å². The fourth-order valence-corrected chi connectivity index (χ4v) is 2.89. The molecule has 0 aliphatic rings. The van der Waals surface area contributed by atoms with E-state index in [1.165, 1.54) is 0 Å². The van der Waals surface area contributed by atoms with E-state index in [1.54, 1.807) is 12.1 Å². The van der Waals surface area contributed by atoms with Gasteiger partial charge in [0.15, 0.2) is 0 Å². The summed E-state index contributed by atoms with van der Waals surface area (Å²) >= 11 is 0. The molecule has 0 saturated heterocycles. The maximum Gasteiger partial charge on any atom is 0.389 e. The number of pyridine rings is 1. The molecule has 2 aromatic carbocycles. The van der Waals surface area contributed by atoms with Gasteiger partial charge in [0.1, 0.15) is 0 Å². The third kappa shape index (κ3) is 3.94. The third-order valence-electron chi connectivity index (χ3n) is 3.97. The summed E-state index contributed by atoms with van der Waals surface area (Å²) in [5.74, 6) is 0. The molecular formula is C20H18F3N. The van der Waals surface area contributed by atoms with Crippen LogP contribution in [-0.2, 0) is 6.42 Å². The average molecular weight is 329 g/mol. The monoisotopic (exact) mass is 329 g/mol. The molecule has 0 aliphatic heterocycles. The minimum absolute atomic E-state index is 0.0189. The first-order chi connectivity index (χ1) is 11.3. The first-order valence-electron chi connectivity index (χ1n) is 7.85. The van der Waals surface area contributed by atoms with Crippen molar-refractivity contribution in [1.82, 2.24) is 4.98 Å². The molecule has 0 aliphatic carbocycles. The molecule has 1 heterocycles. The van der Waals surface area contributed by atoms with Crippen LogP contribution in [0.2, 0.25) is 0 Å². The van der Waals surface area contributed by atoms with Crippen molar-refractivity contribution >= 4 is 10.9 Å². The number of hydrogen-bond acceptors (Lipinski definition) is 1. The van der Waals surface area contributed by atoms with Gasteiger partial charge in [-0.05, 0) is 50.1 Å². The Morgan fingerprint density at radius 2 is 1.54 bits per heavy atom. The maximum atomic E-state index is 12.4. The number of rotatable bonds is 3. The van der Waals surface area contributed by atoms with Crippen LogP contribution in [0.15, 0.2) is 48.5 Å². The first kappa shape index (κ1) is 16.5. The predicted molar refractivity (Wildman–Crippen MR) is 91.0 cm³/mol. The summed E-state index contributed by atoms with van der Waals surface area (Å²) in [6.07, 6.45) is -4.96. The van der Waals surface area contributed by atoms with E-state index in [9.17, 15) is 13.2 Å². The Labute approximate surface area is 139 Å². The van der Waals surface area contributed by atoms with E-state index in [0.717, 1.165) is 33.3 Å². The molecule has 0 saturated carbocycles. The molecule has 0 atom stereocenters. The summed E-state index contributed by atoms with van der Waals surface area (Å²) in [7, 11) is 0. The van der Waals surface area contributed by atoms with E-state index >= 15 is 0 Å². The van der Waals surface area contributed by atoms with Crippen molar-refractivity contribution in [3.63, 3.8) is 0 Å². The Morgan fingerprint density at radius 3 is 2.21 bits per heavy atom. The Bertz CT molecular complexity index is 861. The van der Waals surface area contributed by atoms with E-state index in [4.69, 9.17) is 0 Å². The summed E-state index contributed by atoms with van der Waals surface area (Å²) in [6, 6.07) is 15.5. The lowest BCUT2D eigenvalue weighted by Crippen LogP contribution is -2.08. The van der Waals surface area contributed by atoms with Crippen molar-refractivity contribution in [3.05, 3.63) is 65.2 Å². The van der Waals surface area contributed by atoms with Crippen LogP contribution in [0.25, 0.3) is 22.2 Å². The molecule has 24 heavy (non-hydrogen) atoms. The van der Waals surface area contributed by atoms with Crippen LogP contribution in [0, 0.1) is 13.8 Å². The molecule has 0 amide bonds.